The highest BCUT2D eigenvalue weighted by atomic mass is 79.9. The third-order valence-corrected chi connectivity index (χ3v) is 4.98. The van der Waals surface area contributed by atoms with Crippen LogP contribution in [0.1, 0.15) is 11.3 Å². The number of halogens is 1. The summed E-state index contributed by atoms with van der Waals surface area (Å²) >= 11 is 1.60. The quantitative estimate of drug-likeness (QED) is 0.461. The Balaban J connectivity index is 0.00000225. The second-order valence-corrected chi connectivity index (χ2v) is 6.61. The molecule has 0 aliphatic rings. The van der Waals surface area contributed by atoms with E-state index in [2.05, 4.69) is 70.9 Å². The molecule has 0 aliphatic carbocycles. The second-order valence-electron chi connectivity index (χ2n) is 5.78. The summed E-state index contributed by atoms with van der Waals surface area (Å²) in [5.74, 6) is 0. The molecule has 6 heteroatoms. The van der Waals surface area contributed by atoms with E-state index in [9.17, 15) is 0 Å². The largest absolute Gasteiger partial charge is 1.00 e. The average molecular weight is 417 g/mol. The van der Waals surface area contributed by atoms with E-state index >= 15 is 0 Å². The number of rotatable bonds is 5. The van der Waals surface area contributed by atoms with Gasteiger partial charge in [0.1, 0.15) is 11.4 Å². The molecule has 1 heterocycles. The van der Waals surface area contributed by atoms with Crippen molar-refractivity contribution in [3.05, 3.63) is 71.2 Å². The van der Waals surface area contributed by atoms with Crippen LogP contribution in [0.5, 0.6) is 0 Å². The Hall–Kier alpha value is -2.05. The average Bonchev–Trinajstić information content (AvgIpc) is 2.93. The molecular formula is C19H21BrN4S. The van der Waals surface area contributed by atoms with Crippen LogP contribution in [0.15, 0.2) is 70.2 Å². The first-order valence-electron chi connectivity index (χ1n) is 7.84. The minimum Gasteiger partial charge on any atom is -1.00 e. The zero-order valence-electron chi connectivity index (χ0n) is 14.6. The van der Waals surface area contributed by atoms with Crippen molar-refractivity contribution in [2.24, 2.45) is 17.3 Å². The Bertz CT molecular complexity index is 828. The van der Waals surface area contributed by atoms with E-state index in [4.69, 9.17) is 0 Å². The van der Waals surface area contributed by atoms with Gasteiger partial charge in [0.25, 0.3) is 0 Å². The highest BCUT2D eigenvalue weighted by Crippen LogP contribution is 2.23. The summed E-state index contributed by atoms with van der Waals surface area (Å²) in [6.45, 7) is 2.94. The molecule has 3 rings (SSSR count). The van der Waals surface area contributed by atoms with Gasteiger partial charge in [-0.05, 0) is 53.2 Å². The first-order valence-corrected chi connectivity index (χ1v) is 8.72. The maximum Gasteiger partial charge on any atom is 0.408 e. The SMILES string of the molecule is Cc1csc(N=Nc2ccc(N(C)Cc3ccccc3)cc2)[n+]1C.[Br-]. The Kier molecular flexibility index (Phi) is 6.84. The number of azo groups is 1. The zero-order chi connectivity index (χ0) is 16.9. The van der Waals surface area contributed by atoms with Crippen molar-refractivity contribution in [1.82, 2.24) is 0 Å². The highest BCUT2D eigenvalue weighted by molar-refractivity contribution is 7.12. The lowest BCUT2D eigenvalue weighted by molar-refractivity contribution is -0.660. The molecule has 0 radical (unpaired) electrons. The molecule has 130 valence electrons. The van der Waals surface area contributed by atoms with Crippen molar-refractivity contribution in [2.75, 3.05) is 11.9 Å². The van der Waals surface area contributed by atoms with Crippen LogP contribution in [-0.2, 0) is 13.6 Å². The predicted octanol–water partition coefficient (Wildman–Crippen LogP) is 1.94. The van der Waals surface area contributed by atoms with Gasteiger partial charge >= 0.3 is 5.13 Å². The molecule has 0 saturated carbocycles. The van der Waals surface area contributed by atoms with Crippen LogP contribution in [0.2, 0.25) is 0 Å². The number of aromatic nitrogens is 1. The van der Waals surface area contributed by atoms with Crippen LogP contribution < -0.4 is 26.4 Å². The van der Waals surface area contributed by atoms with Gasteiger partial charge in [0.15, 0.2) is 0 Å². The third-order valence-electron chi connectivity index (χ3n) is 3.95. The minimum absolute atomic E-state index is 0. The summed E-state index contributed by atoms with van der Waals surface area (Å²) in [7, 11) is 4.10. The molecule has 0 spiro atoms. The molecule has 0 fully saturated rings. The molecular weight excluding hydrogens is 396 g/mol. The number of anilines is 1. The monoisotopic (exact) mass is 416 g/mol. The molecule has 0 aliphatic heterocycles. The van der Waals surface area contributed by atoms with E-state index in [0.717, 1.165) is 23.1 Å². The third kappa shape index (κ3) is 4.96. The molecule has 4 nitrogen and oxygen atoms in total. The number of aryl methyl sites for hydroxylation is 1. The van der Waals surface area contributed by atoms with Gasteiger partial charge in [-0.15, -0.1) is 0 Å². The summed E-state index contributed by atoms with van der Waals surface area (Å²) < 4.78 is 2.04. The van der Waals surface area contributed by atoms with E-state index in [1.54, 1.807) is 11.3 Å². The van der Waals surface area contributed by atoms with Crippen LogP contribution in [-0.4, -0.2) is 7.05 Å². The second kappa shape index (κ2) is 8.87. The van der Waals surface area contributed by atoms with Gasteiger partial charge < -0.3 is 21.9 Å². The summed E-state index contributed by atoms with van der Waals surface area (Å²) in [5, 5.41) is 11.6. The van der Waals surface area contributed by atoms with E-state index in [0.29, 0.717) is 0 Å². The Labute approximate surface area is 163 Å². The van der Waals surface area contributed by atoms with Crippen LogP contribution in [0, 0.1) is 6.92 Å². The molecule has 0 unspecified atom stereocenters. The smallest absolute Gasteiger partial charge is 0.408 e. The number of benzene rings is 2. The number of thiazole rings is 1. The van der Waals surface area contributed by atoms with Crippen molar-refractivity contribution in [2.45, 2.75) is 13.5 Å². The maximum atomic E-state index is 4.33. The first kappa shape index (κ1) is 19.3. The van der Waals surface area contributed by atoms with Gasteiger partial charge in [0, 0.05) is 24.7 Å². The fourth-order valence-corrected chi connectivity index (χ4v) is 3.18. The van der Waals surface area contributed by atoms with Gasteiger partial charge in [-0.3, -0.25) is 0 Å². The van der Waals surface area contributed by atoms with Gasteiger partial charge in [-0.1, -0.05) is 30.3 Å². The standard InChI is InChI=1S/C19H21N4S.BrH/c1-15-14-24-19(23(15)3)21-20-17-9-11-18(12-10-17)22(2)13-16-7-5-4-6-8-16;/h4-12,14H,13H2,1-3H3;1H/q+1;/p-1. The number of nitrogens with zero attached hydrogens (tertiary/aromatic N) is 4. The lowest BCUT2D eigenvalue weighted by atomic mass is 10.2. The predicted molar refractivity (Wildman–Crippen MR) is 99.4 cm³/mol. The van der Waals surface area contributed by atoms with Gasteiger partial charge in [-0.2, -0.15) is 0 Å². The van der Waals surface area contributed by atoms with Crippen molar-refractivity contribution >= 4 is 27.8 Å². The van der Waals surface area contributed by atoms with Crippen molar-refractivity contribution in [1.29, 1.82) is 0 Å². The molecule has 3 aromatic rings. The van der Waals surface area contributed by atoms with E-state index in [1.807, 2.05) is 29.8 Å². The van der Waals surface area contributed by atoms with Crippen LogP contribution in [0.25, 0.3) is 0 Å². The molecule has 2 aromatic carbocycles. The zero-order valence-corrected chi connectivity index (χ0v) is 17.0. The highest BCUT2D eigenvalue weighted by Gasteiger charge is 2.11. The van der Waals surface area contributed by atoms with Crippen molar-refractivity contribution in [3.63, 3.8) is 0 Å². The Morgan fingerprint density at radius 3 is 2.28 bits per heavy atom. The normalized spacial score (nSPS) is 10.7. The number of hydrogen-bond donors (Lipinski definition) is 0. The first-order chi connectivity index (χ1) is 11.6. The Morgan fingerprint density at radius 1 is 1.00 bits per heavy atom. The van der Waals surface area contributed by atoms with Gasteiger partial charge in [-0.25, -0.2) is 4.57 Å². The summed E-state index contributed by atoms with van der Waals surface area (Å²) in [6.07, 6.45) is 0. The summed E-state index contributed by atoms with van der Waals surface area (Å²) in [6, 6.07) is 18.6. The molecule has 25 heavy (non-hydrogen) atoms. The fourth-order valence-electron chi connectivity index (χ4n) is 2.36. The molecule has 0 saturated heterocycles. The minimum atomic E-state index is 0. The molecule has 0 N–H and O–H groups in total. The van der Waals surface area contributed by atoms with Crippen molar-refractivity contribution < 1.29 is 21.5 Å². The lowest BCUT2D eigenvalue weighted by Gasteiger charge is -2.19. The van der Waals surface area contributed by atoms with Gasteiger partial charge in [0.2, 0.25) is 0 Å². The summed E-state index contributed by atoms with van der Waals surface area (Å²) in [4.78, 5) is 2.22. The van der Waals surface area contributed by atoms with Crippen LogP contribution in [0.4, 0.5) is 16.5 Å². The van der Waals surface area contributed by atoms with Gasteiger partial charge in [0.05, 0.1) is 12.2 Å². The molecule has 0 amide bonds. The van der Waals surface area contributed by atoms with Crippen molar-refractivity contribution in [3.8, 4) is 0 Å². The van der Waals surface area contributed by atoms with Crippen LogP contribution >= 0.6 is 11.3 Å². The molecule has 0 bridgehead atoms. The van der Waals surface area contributed by atoms with E-state index in [-0.39, 0.29) is 17.0 Å². The maximum absolute atomic E-state index is 4.33. The topological polar surface area (TPSA) is 31.8 Å². The molecule has 1 aromatic heterocycles. The molecule has 0 atom stereocenters. The fraction of sp³-hybridized carbons (Fsp3) is 0.211. The van der Waals surface area contributed by atoms with E-state index < -0.39 is 0 Å². The van der Waals surface area contributed by atoms with E-state index in [1.165, 1.54) is 11.3 Å². The lowest BCUT2D eigenvalue weighted by Crippen LogP contribution is -3.00. The summed E-state index contributed by atoms with van der Waals surface area (Å²) in [5.41, 5.74) is 4.50. The van der Waals surface area contributed by atoms with Crippen LogP contribution in [0.3, 0.4) is 0 Å². The Morgan fingerprint density at radius 2 is 1.68 bits per heavy atom. The number of hydrogen-bond acceptors (Lipinski definition) is 4.